The molecule has 1 heterocycles. The molecule has 1 saturated carbocycles. The highest BCUT2D eigenvalue weighted by Gasteiger charge is 2.24. The zero-order valence-corrected chi connectivity index (χ0v) is 5.64. The van der Waals surface area contributed by atoms with Gasteiger partial charge in [-0.15, -0.1) is 0 Å². The van der Waals surface area contributed by atoms with Crippen molar-refractivity contribution in [3.05, 3.63) is 12.2 Å². The van der Waals surface area contributed by atoms with Crippen molar-refractivity contribution in [2.45, 2.75) is 25.3 Å². The Morgan fingerprint density at radius 3 is 2.89 bits per heavy atom. The van der Waals surface area contributed by atoms with Gasteiger partial charge < -0.3 is 5.32 Å². The summed E-state index contributed by atoms with van der Waals surface area (Å²) in [6.07, 6.45) is 8.87. The molecule has 1 fully saturated rings. The van der Waals surface area contributed by atoms with E-state index < -0.39 is 0 Å². The van der Waals surface area contributed by atoms with Crippen molar-refractivity contribution >= 4 is 0 Å². The number of hydrogen-bond acceptors (Lipinski definition) is 1. The molecule has 0 aromatic heterocycles. The van der Waals surface area contributed by atoms with Crippen molar-refractivity contribution in [2.24, 2.45) is 5.92 Å². The predicted octanol–water partition coefficient (Wildman–Crippen LogP) is 1.31. The van der Waals surface area contributed by atoms with Crippen molar-refractivity contribution in [3.63, 3.8) is 0 Å². The molecule has 1 nitrogen and oxygen atoms in total. The number of nitrogens with one attached hydrogen (secondary N) is 1. The van der Waals surface area contributed by atoms with E-state index in [1.165, 1.54) is 19.3 Å². The van der Waals surface area contributed by atoms with Gasteiger partial charge >= 0.3 is 0 Å². The van der Waals surface area contributed by atoms with Crippen molar-refractivity contribution < 1.29 is 0 Å². The Morgan fingerprint density at radius 1 is 1.44 bits per heavy atom. The first-order valence-electron chi connectivity index (χ1n) is 3.85. The minimum atomic E-state index is 0.720. The van der Waals surface area contributed by atoms with E-state index in [-0.39, 0.29) is 0 Å². The summed E-state index contributed by atoms with van der Waals surface area (Å²) < 4.78 is 0. The standard InChI is InChI=1S/C8H13N/c1-2-8(9-5-1)6-7-3-4-7/h1-2,7-9H,3-6H2. The van der Waals surface area contributed by atoms with Gasteiger partial charge in [0, 0.05) is 12.6 Å². The highest BCUT2D eigenvalue weighted by atomic mass is 14.9. The van der Waals surface area contributed by atoms with E-state index in [0.717, 1.165) is 18.5 Å². The van der Waals surface area contributed by atoms with E-state index in [0.29, 0.717) is 0 Å². The monoisotopic (exact) mass is 123 g/mol. The second kappa shape index (κ2) is 2.14. The zero-order valence-electron chi connectivity index (χ0n) is 5.64. The molecule has 9 heavy (non-hydrogen) atoms. The molecule has 1 atom stereocenters. The third kappa shape index (κ3) is 1.33. The zero-order chi connectivity index (χ0) is 6.10. The average Bonchev–Trinajstić information content (AvgIpc) is 2.46. The second-order valence-electron chi connectivity index (χ2n) is 3.12. The van der Waals surface area contributed by atoms with Crippen molar-refractivity contribution in [1.82, 2.24) is 5.32 Å². The Kier molecular flexibility index (Phi) is 1.31. The van der Waals surface area contributed by atoms with Crippen molar-refractivity contribution in [2.75, 3.05) is 6.54 Å². The average molecular weight is 123 g/mol. The van der Waals surface area contributed by atoms with Gasteiger partial charge in [0.1, 0.15) is 0 Å². The third-order valence-electron chi connectivity index (χ3n) is 2.15. The minimum Gasteiger partial charge on any atom is -0.307 e. The van der Waals surface area contributed by atoms with Crippen LogP contribution in [0.5, 0.6) is 0 Å². The molecular formula is C8H13N. The Hall–Kier alpha value is -0.300. The molecule has 0 aromatic rings. The fraction of sp³-hybridized carbons (Fsp3) is 0.750. The third-order valence-corrected chi connectivity index (χ3v) is 2.15. The van der Waals surface area contributed by atoms with E-state index in [1.54, 1.807) is 0 Å². The summed E-state index contributed by atoms with van der Waals surface area (Å²) in [5, 5.41) is 3.42. The molecule has 0 bridgehead atoms. The molecule has 1 unspecified atom stereocenters. The van der Waals surface area contributed by atoms with E-state index in [4.69, 9.17) is 0 Å². The first kappa shape index (κ1) is 5.48. The van der Waals surface area contributed by atoms with E-state index in [2.05, 4.69) is 17.5 Å². The van der Waals surface area contributed by atoms with Gasteiger partial charge in [-0.25, -0.2) is 0 Å². The Bertz CT molecular complexity index is 125. The Labute approximate surface area is 56.1 Å². The van der Waals surface area contributed by atoms with Crippen LogP contribution in [0.3, 0.4) is 0 Å². The molecule has 2 rings (SSSR count). The summed E-state index contributed by atoms with van der Waals surface area (Å²) in [5.74, 6) is 1.06. The minimum absolute atomic E-state index is 0.720. The molecule has 1 heteroatoms. The van der Waals surface area contributed by atoms with Gasteiger partial charge in [-0.1, -0.05) is 25.0 Å². The molecule has 0 spiro atoms. The van der Waals surface area contributed by atoms with Crippen LogP contribution < -0.4 is 5.32 Å². The maximum absolute atomic E-state index is 3.42. The summed E-state index contributed by atoms with van der Waals surface area (Å²) in [6, 6.07) is 0.720. The van der Waals surface area contributed by atoms with Gasteiger partial charge in [0.15, 0.2) is 0 Å². The van der Waals surface area contributed by atoms with Crippen LogP contribution in [0, 0.1) is 5.92 Å². The second-order valence-corrected chi connectivity index (χ2v) is 3.12. The van der Waals surface area contributed by atoms with Crippen molar-refractivity contribution in [3.8, 4) is 0 Å². The summed E-state index contributed by atoms with van der Waals surface area (Å²) in [4.78, 5) is 0. The van der Waals surface area contributed by atoms with Crippen LogP contribution in [0.4, 0.5) is 0 Å². The highest BCUT2D eigenvalue weighted by molar-refractivity contribution is 5.03. The largest absolute Gasteiger partial charge is 0.307 e. The predicted molar refractivity (Wildman–Crippen MR) is 38.3 cm³/mol. The lowest BCUT2D eigenvalue weighted by Gasteiger charge is -2.05. The normalized spacial score (nSPS) is 33.6. The first-order chi connectivity index (χ1) is 4.45. The molecule has 1 N–H and O–H groups in total. The summed E-state index contributed by atoms with van der Waals surface area (Å²) >= 11 is 0. The highest BCUT2D eigenvalue weighted by Crippen LogP contribution is 2.33. The van der Waals surface area contributed by atoms with Gasteiger partial charge in [0.2, 0.25) is 0 Å². The lowest BCUT2D eigenvalue weighted by atomic mass is 10.1. The maximum Gasteiger partial charge on any atom is 0.0256 e. The van der Waals surface area contributed by atoms with E-state index >= 15 is 0 Å². The van der Waals surface area contributed by atoms with Crippen molar-refractivity contribution in [1.29, 1.82) is 0 Å². The Morgan fingerprint density at radius 2 is 2.33 bits per heavy atom. The van der Waals surface area contributed by atoms with Gasteiger partial charge in [-0.2, -0.15) is 0 Å². The molecule has 2 aliphatic rings. The van der Waals surface area contributed by atoms with Gasteiger partial charge in [-0.05, 0) is 12.3 Å². The van der Waals surface area contributed by atoms with Crippen LogP contribution in [-0.2, 0) is 0 Å². The smallest absolute Gasteiger partial charge is 0.0256 e. The van der Waals surface area contributed by atoms with E-state index in [9.17, 15) is 0 Å². The fourth-order valence-corrected chi connectivity index (χ4v) is 1.39. The van der Waals surface area contributed by atoms with E-state index in [1.807, 2.05) is 0 Å². The summed E-state index contributed by atoms with van der Waals surface area (Å²) in [6.45, 7) is 1.09. The Balaban J connectivity index is 1.77. The van der Waals surface area contributed by atoms with Crippen LogP contribution in [0.2, 0.25) is 0 Å². The molecule has 50 valence electrons. The van der Waals surface area contributed by atoms with Crippen LogP contribution in [-0.4, -0.2) is 12.6 Å². The quantitative estimate of drug-likeness (QED) is 0.546. The molecule has 0 radical (unpaired) electrons. The molecular weight excluding hydrogens is 110 g/mol. The molecule has 0 amide bonds. The number of hydrogen-bond donors (Lipinski definition) is 1. The maximum atomic E-state index is 3.42. The topological polar surface area (TPSA) is 12.0 Å². The SMILES string of the molecule is C1=CC(CC2CC2)NC1. The van der Waals surface area contributed by atoms with Gasteiger partial charge in [-0.3, -0.25) is 0 Å². The summed E-state index contributed by atoms with van der Waals surface area (Å²) in [5.41, 5.74) is 0. The van der Waals surface area contributed by atoms with Crippen LogP contribution in [0.25, 0.3) is 0 Å². The van der Waals surface area contributed by atoms with Gasteiger partial charge in [0.25, 0.3) is 0 Å². The summed E-state index contributed by atoms with van der Waals surface area (Å²) in [7, 11) is 0. The molecule has 1 aliphatic carbocycles. The molecule has 0 saturated heterocycles. The van der Waals surface area contributed by atoms with Gasteiger partial charge in [0.05, 0.1) is 0 Å². The first-order valence-corrected chi connectivity index (χ1v) is 3.85. The molecule has 0 aromatic carbocycles. The molecule has 1 aliphatic heterocycles. The van der Waals surface area contributed by atoms with Crippen LogP contribution in [0.1, 0.15) is 19.3 Å². The lowest BCUT2D eigenvalue weighted by molar-refractivity contribution is 0.575. The van der Waals surface area contributed by atoms with Crippen LogP contribution >= 0.6 is 0 Å². The van der Waals surface area contributed by atoms with Crippen LogP contribution in [0.15, 0.2) is 12.2 Å². The fourth-order valence-electron chi connectivity index (χ4n) is 1.39. The lowest BCUT2D eigenvalue weighted by Crippen LogP contribution is -2.22. The number of rotatable bonds is 2.